The van der Waals surface area contributed by atoms with Crippen LogP contribution in [0.1, 0.15) is 19.4 Å². The van der Waals surface area contributed by atoms with Crippen molar-refractivity contribution in [1.82, 2.24) is 0 Å². The van der Waals surface area contributed by atoms with Crippen molar-refractivity contribution in [1.29, 1.82) is 0 Å². The fourth-order valence-corrected chi connectivity index (χ4v) is 0.983. The zero-order chi connectivity index (χ0) is 8.97. The molecule has 0 amide bonds. The third-order valence-corrected chi connectivity index (χ3v) is 1.48. The summed E-state index contributed by atoms with van der Waals surface area (Å²) < 4.78 is 17.8. The molecular weight excluding hydrogens is 155 g/mol. The van der Waals surface area contributed by atoms with Gasteiger partial charge in [0.15, 0.2) is 0 Å². The first kappa shape index (κ1) is 9.04. The van der Waals surface area contributed by atoms with Crippen LogP contribution < -0.4 is 4.74 Å². The van der Waals surface area contributed by atoms with E-state index in [-0.39, 0.29) is 6.10 Å². The van der Waals surface area contributed by atoms with Gasteiger partial charge in [-0.2, -0.15) is 0 Å². The molecule has 0 heterocycles. The van der Waals surface area contributed by atoms with E-state index in [0.717, 1.165) is 0 Å². The number of hydrogen-bond acceptors (Lipinski definition) is 1. The molecule has 0 atom stereocenters. The molecule has 0 aliphatic heterocycles. The molecule has 0 fully saturated rings. The van der Waals surface area contributed by atoms with Crippen molar-refractivity contribution in [3.63, 3.8) is 0 Å². The van der Waals surface area contributed by atoms with Crippen LogP contribution in [0.5, 0.6) is 5.75 Å². The van der Waals surface area contributed by atoms with E-state index in [4.69, 9.17) is 4.74 Å². The maximum absolute atomic E-state index is 12.4. The van der Waals surface area contributed by atoms with Gasteiger partial charge < -0.3 is 4.74 Å². The third-order valence-electron chi connectivity index (χ3n) is 1.48. The van der Waals surface area contributed by atoms with Gasteiger partial charge in [0.2, 0.25) is 0 Å². The van der Waals surface area contributed by atoms with Gasteiger partial charge in [-0.1, -0.05) is 18.2 Å². The Labute approximate surface area is 72.2 Å². The first-order valence-corrected chi connectivity index (χ1v) is 4.04. The van der Waals surface area contributed by atoms with Crippen LogP contribution in [0, 0.1) is 0 Å². The molecular formula is C10H13FO. The number of alkyl halides is 1. The van der Waals surface area contributed by atoms with Crippen LogP contribution in [-0.2, 0) is 6.67 Å². The molecule has 0 spiro atoms. The lowest BCUT2D eigenvalue weighted by Gasteiger charge is -2.11. The van der Waals surface area contributed by atoms with Crippen molar-refractivity contribution in [3.05, 3.63) is 29.8 Å². The summed E-state index contributed by atoms with van der Waals surface area (Å²) in [6.07, 6.45) is 0.0951. The highest BCUT2D eigenvalue weighted by Gasteiger charge is 2.02. The van der Waals surface area contributed by atoms with E-state index in [0.29, 0.717) is 11.3 Å². The Morgan fingerprint density at radius 1 is 1.33 bits per heavy atom. The molecule has 0 aliphatic carbocycles. The Hall–Kier alpha value is -1.05. The Kier molecular flexibility index (Phi) is 3.09. The lowest BCUT2D eigenvalue weighted by molar-refractivity contribution is 0.237. The third kappa shape index (κ3) is 2.22. The van der Waals surface area contributed by atoms with Crippen LogP contribution in [0.15, 0.2) is 24.3 Å². The number of para-hydroxylation sites is 1. The van der Waals surface area contributed by atoms with Gasteiger partial charge in [0.05, 0.1) is 6.10 Å². The van der Waals surface area contributed by atoms with E-state index in [1.54, 1.807) is 12.1 Å². The predicted molar refractivity (Wildman–Crippen MR) is 47.0 cm³/mol. The van der Waals surface area contributed by atoms with Crippen molar-refractivity contribution in [2.75, 3.05) is 0 Å². The number of halogens is 1. The Morgan fingerprint density at radius 2 is 2.00 bits per heavy atom. The van der Waals surface area contributed by atoms with Gasteiger partial charge in [0.25, 0.3) is 0 Å². The largest absolute Gasteiger partial charge is 0.491 e. The standard InChI is InChI=1S/C10H13FO/c1-8(2)12-10-6-4-3-5-9(10)7-11/h3-6,8H,7H2,1-2H3. The summed E-state index contributed by atoms with van der Waals surface area (Å²) in [5.41, 5.74) is 0.617. The second-order valence-electron chi connectivity index (χ2n) is 2.91. The summed E-state index contributed by atoms with van der Waals surface area (Å²) in [5.74, 6) is 0.648. The average molecular weight is 168 g/mol. The van der Waals surface area contributed by atoms with Crippen LogP contribution in [0.4, 0.5) is 4.39 Å². The zero-order valence-electron chi connectivity index (χ0n) is 7.38. The van der Waals surface area contributed by atoms with E-state index in [9.17, 15) is 4.39 Å². The minimum Gasteiger partial charge on any atom is -0.491 e. The molecule has 1 nitrogen and oxygen atoms in total. The summed E-state index contributed by atoms with van der Waals surface area (Å²) in [5, 5.41) is 0. The molecule has 0 saturated carbocycles. The molecule has 0 saturated heterocycles. The quantitative estimate of drug-likeness (QED) is 0.674. The Bertz CT molecular complexity index is 245. The monoisotopic (exact) mass is 168 g/mol. The molecule has 1 rings (SSSR count). The van der Waals surface area contributed by atoms with Crippen molar-refractivity contribution < 1.29 is 9.13 Å². The molecule has 0 unspecified atom stereocenters. The predicted octanol–water partition coefficient (Wildman–Crippen LogP) is 2.94. The highest BCUT2D eigenvalue weighted by molar-refractivity contribution is 5.32. The Morgan fingerprint density at radius 3 is 2.58 bits per heavy atom. The van der Waals surface area contributed by atoms with Gasteiger partial charge in [-0.15, -0.1) is 0 Å². The number of rotatable bonds is 3. The normalized spacial score (nSPS) is 10.3. The van der Waals surface area contributed by atoms with Crippen LogP contribution in [0.2, 0.25) is 0 Å². The number of hydrogen-bond donors (Lipinski definition) is 0. The highest BCUT2D eigenvalue weighted by atomic mass is 19.1. The van der Waals surface area contributed by atoms with E-state index in [1.807, 2.05) is 26.0 Å². The van der Waals surface area contributed by atoms with E-state index < -0.39 is 6.67 Å². The zero-order valence-corrected chi connectivity index (χ0v) is 7.38. The van der Waals surface area contributed by atoms with Crippen LogP contribution in [-0.4, -0.2) is 6.10 Å². The van der Waals surface area contributed by atoms with Gasteiger partial charge in [0, 0.05) is 5.56 Å². The number of benzene rings is 1. The van der Waals surface area contributed by atoms with Gasteiger partial charge in [-0.3, -0.25) is 0 Å². The van der Waals surface area contributed by atoms with Crippen LogP contribution >= 0.6 is 0 Å². The molecule has 0 N–H and O–H groups in total. The Balaban J connectivity index is 2.82. The molecule has 1 aromatic rings. The van der Waals surface area contributed by atoms with E-state index in [1.165, 1.54) is 0 Å². The van der Waals surface area contributed by atoms with Gasteiger partial charge in [-0.05, 0) is 19.9 Å². The maximum atomic E-state index is 12.4. The van der Waals surface area contributed by atoms with Crippen molar-refractivity contribution in [2.45, 2.75) is 26.6 Å². The average Bonchev–Trinajstić information content (AvgIpc) is 2.04. The highest BCUT2D eigenvalue weighted by Crippen LogP contribution is 2.19. The summed E-state index contributed by atoms with van der Waals surface area (Å²) in [7, 11) is 0. The van der Waals surface area contributed by atoms with Crippen molar-refractivity contribution in [3.8, 4) is 5.75 Å². The molecule has 0 radical (unpaired) electrons. The van der Waals surface area contributed by atoms with Crippen LogP contribution in [0.25, 0.3) is 0 Å². The maximum Gasteiger partial charge on any atom is 0.125 e. The molecule has 0 aliphatic rings. The van der Waals surface area contributed by atoms with Crippen molar-refractivity contribution >= 4 is 0 Å². The second kappa shape index (κ2) is 4.10. The molecule has 1 aromatic carbocycles. The van der Waals surface area contributed by atoms with Gasteiger partial charge in [-0.25, -0.2) is 4.39 Å². The lowest BCUT2D eigenvalue weighted by atomic mass is 10.2. The molecule has 66 valence electrons. The molecule has 2 heteroatoms. The summed E-state index contributed by atoms with van der Waals surface area (Å²) >= 11 is 0. The van der Waals surface area contributed by atoms with Gasteiger partial charge >= 0.3 is 0 Å². The second-order valence-corrected chi connectivity index (χ2v) is 2.91. The smallest absolute Gasteiger partial charge is 0.125 e. The summed E-state index contributed by atoms with van der Waals surface area (Å²) in [6.45, 7) is 3.38. The summed E-state index contributed by atoms with van der Waals surface area (Å²) in [6, 6.07) is 7.17. The minimum atomic E-state index is -0.469. The van der Waals surface area contributed by atoms with Crippen LogP contribution in [0.3, 0.4) is 0 Å². The van der Waals surface area contributed by atoms with E-state index in [2.05, 4.69) is 0 Å². The first-order chi connectivity index (χ1) is 5.74. The topological polar surface area (TPSA) is 9.23 Å². The molecule has 0 aromatic heterocycles. The fraction of sp³-hybridized carbons (Fsp3) is 0.400. The van der Waals surface area contributed by atoms with Gasteiger partial charge in [0.1, 0.15) is 12.4 Å². The fourth-order valence-electron chi connectivity index (χ4n) is 0.983. The molecule has 12 heavy (non-hydrogen) atoms. The number of ether oxygens (including phenoxy) is 1. The summed E-state index contributed by atoms with van der Waals surface area (Å²) in [4.78, 5) is 0. The van der Waals surface area contributed by atoms with Crippen molar-refractivity contribution in [2.24, 2.45) is 0 Å². The lowest BCUT2D eigenvalue weighted by Crippen LogP contribution is -2.06. The first-order valence-electron chi connectivity index (χ1n) is 4.04. The van der Waals surface area contributed by atoms with E-state index >= 15 is 0 Å². The molecule has 0 bridgehead atoms. The minimum absolute atomic E-state index is 0.0951. The SMILES string of the molecule is CC(C)Oc1ccccc1CF.